The molecule has 27 heavy (non-hydrogen) atoms. The Morgan fingerprint density at radius 2 is 1.26 bits per heavy atom. The first kappa shape index (κ1) is 17.9. The van der Waals surface area contributed by atoms with Crippen molar-refractivity contribution < 1.29 is 28.3 Å². The zero-order valence-corrected chi connectivity index (χ0v) is 15.5. The van der Waals surface area contributed by atoms with Crippen molar-refractivity contribution in [1.82, 2.24) is 0 Å². The van der Waals surface area contributed by atoms with Crippen LogP contribution in [0.1, 0.15) is 0 Å². The van der Waals surface area contributed by atoms with Crippen molar-refractivity contribution >= 4 is 43.1 Å². The number of fused-ring (bicyclic) bond motifs is 7. The van der Waals surface area contributed by atoms with Crippen molar-refractivity contribution in [3.8, 4) is 5.75 Å². The molecule has 3 heteroatoms. The Balaban J connectivity index is 0.00000180. The molecule has 0 N–H and O–H groups in total. The molecule has 0 fully saturated rings. The number of ether oxygens (including phenoxy) is 2. The van der Waals surface area contributed by atoms with Crippen LogP contribution in [0.15, 0.2) is 72.8 Å². The number of methoxy groups -OCH3 is 1. The first-order valence-corrected chi connectivity index (χ1v) is 8.65. The molecule has 0 aromatic heterocycles. The molecule has 0 saturated heterocycles. The summed E-state index contributed by atoms with van der Waals surface area (Å²) >= 11 is 0. The van der Waals surface area contributed by atoms with Crippen LogP contribution in [0.3, 0.4) is 0 Å². The quantitative estimate of drug-likeness (QED) is 0.165. The predicted molar refractivity (Wildman–Crippen MR) is 108 cm³/mol. The topological polar surface area (TPSA) is 18.5 Å². The molecule has 0 saturated carbocycles. The molecule has 0 aliphatic carbocycles. The minimum atomic E-state index is 0. The van der Waals surface area contributed by atoms with Gasteiger partial charge in [-0.2, -0.15) is 6.07 Å². The van der Waals surface area contributed by atoms with E-state index in [1.165, 1.54) is 43.1 Å². The first-order valence-electron chi connectivity index (χ1n) is 8.65. The Morgan fingerprint density at radius 1 is 0.704 bits per heavy atom. The summed E-state index contributed by atoms with van der Waals surface area (Å²) in [7, 11) is 1.62. The van der Waals surface area contributed by atoms with E-state index in [0.29, 0.717) is 5.75 Å². The van der Waals surface area contributed by atoms with E-state index in [1.54, 1.807) is 7.11 Å². The number of benzene rings is 5. The van der Waals surface area contributed by atoms with Gasteiger partial charge in [0.05, 0.1) is 0 Å². The van der Waals surface area contributed by atoms with Crippen LogP contribution in [-0.4, -0.2) is 13.9 Å². The predicted octanol–water partition coefficient (Wildman–Crippen LogP) is 3.09. The fourth-order valence-corrected chi connectivity index (χ4v) is 3.76. The first-order chi connectivity index (χ1) is 12.8. The van der Waals surface area contributed by atoms with E-state index in [4.69, 9.17) is 9.47 Å². The second-order valence-corrected chi connectivity index (χ2v) is 6.47. The molecule has 0 aliphatic rings. The third kappa shape index (κ3) is 2.97. The van der Waals surface area contributed by atoms with Crippen molar-refractivity contribution in [2.24, 2.45) is 0 Å². The van der Waals surface area contributed by atoms with Crippen molar-refractivity contribution in [2.75, 3.05) is 13.9 Å². The Morgan fingerprint density at radius 3 is 1.89 bits per heavy atom. The smallest absolute Gasteiger partial charge is 0.493 e. The molecular formula is C24H17LiO2. The van der Waals surface area contributed by atoms with Crippen LogP contribution in [0.2, 0.25) is 0 Å². The molecular weight excluding hydrogens is 327 g/mol. The van der Waals surface area contributed by atoms with Gasteiger partial charge in [-0.1, -0.05) is 60.0 Å². The normalized spacial score (nSPS) is 11.1. The summed E-state index contributed by atoms with van der Waals surface area (Å²) in [6, 6.07) is 29.0. The molecule has 5 rings (SSSR count). The van der Waals surface area contributed by atoms with Gasteiger partial charge in [-0.05, 0) is 33.0 Å². The van der Waals surface area contributed by atoms with Crippen LogP contribution in [0, 0.1) is 6.07 Å². The minimum Gasteiger partial charge on any atom is -0.493 e. The van der Waals surface area contributed by atoms with E-state index in [-0.39, 0.29) is 25.7 Å². The Labute approximate surface area is 169 Å². The zero-order valence-electron chi connectivity index (χ0n) is 15.5. The third-order valence-electron chi connectivity index (χ3n) is 4.94. The van der Waals surface area contributed by atoms with Gasteiger partial charge in [0, 0.05) is 12.9 Å². The van der Waals surface area contributed by atoms with Crippen molar-refractivity contribution in [1.29, 1.82) is 0 Å². The van der Waals surface area contributed by atoms with Gasteiger partial charge in [0.25, 0.3) is 0 Å². The molecule has 0 spiro atoms. The number of rotatable bonds is 3. The summed E-state index contributed by atoms with van der Waals surface area (Å²) in [6.45, 7) is 0.220. The van der Waals surface area contributed by atoms with Crippen molar-refractivity contribution in [3.05, 3.63) is 78.9 Å². The van der Waals surface area contributed by atoms with E-state index in [2.05, 4.69) is 72.8 Å². The maximum Gasteiger partial charge on any atom is 1.00 e. The van der Waals surface area contributed by atoms with Gasteiger partial charge in [0.1, 0.15) is 0 Å². The van der Waals surface area contributed by atoms with Crippen LogP contribution >= 0.6 is 0 Å². The summed E-state index contributed by atoms with van der Waals surface area (Å²) < 4.78 is 10.6. The summed E-state index contributed by atoms with van der Waals surface area (Å²) in [5.74, 6) is 0.699. The second kappa shape index (κ2) is 7.25. The largest absolute Gasteiger partial charge is 1.00 e. The van der Waals surface area contributed by atoms with Crippen molar-refractivity contribution in [2.45, 2.75) is 0 Å². The maximum absolute atomic E-state index is 5.62. The molecule has 5 aromatic rings. The number of hydrogen-bond acceptors (Lipinski definition) is 2. The van der Waals surface area contributed by atoms with Crippen LogP contribution < -0.4 is 23.6 Å². The van der Waals surface area contributed by atoms with Gasteiger partial charge in [-0.15, -0.1) is 22.9 Å². The SMILES string of the molecule is COCOc1[c-]cc2c(c1)c1ccccc1c1cc3ccccc3cc21.[Li+]. The van der Waals surface area contributed by atoms with Crippen molar-refractivity contribution in [3.63, 3.8) is 0 Å². The van der Waals surface area contributed by atoms with Crippen LogP contribution in [0.4, 0.5) is 0 Å². The fourth-order valence-electron chi connectivity index (χ4n) is 3.76. The van der Waals surface area contributed by atoms with Gasteiger partial charge in [0.2, 0.25) is 0 Å². The monoisotopic (exact) mass is 344 g/mol. The third-order valence-corrected chi connectivity index (χ3v) is 4.94. The molecule has 0 bridgehead atoms. The minimum absolute atomic E-state index is 0. The van der Waals surface area contributed by atoms with Gasteiger partial charge >= 0.3 is 18.9 Å². The summed E-state index contributed by atoms with van der Waals surface area (Å²) in [4.78, 5) is 0. The van der Waals surface area contributed by atoms with Crippen LogP contribution in [0.25, 0.3) is 43.1 Å². The Kier molecular flexibility index (Phi) is 4.80. The molecule has 0 amide bonds. The fraction of sp³-hybridized carbons (Fsp3) is 0.0833. The van der Waals surface area contributed by atoms with Crippen LogP contribution in [-0.2, 0) is 4.74 Å². The molecule has 0 atom stereocenters. The summed E-state index contributed by atoms with van der Waals surface area (Å²) in [5.41, 5.74) is 0. The average Bonchev–Trinajstić information content (AvgIpc) is 2.71. The molecule has 0 heterocycles. The van der Waals surface area contributed by atoms with Crippen LogP contribution in [0.5, 0.6) is 5.75 Å². The van der Waals surface area contributed by atoms with Gasteiger partial charge in [-0.25, -0.2) is 0 Å². The maximum atomic E-state index is 5.62. The van der Waals surface area contributed by atoms with Gasteiger partial charge in [-0.3, -0.25) is 0 Å². The standard InChI is InChI=1S/C24H17O2.Li/c1-25-15-26-18-10-11-21-23-13-17-7-3-2-6-16(17)12-22(23)19-8-4-5-9-20(19)24(21)14-18;/h2-9,11-14H,15H2,1H3;/q-1;+1. The Bertz CT molecular complexity index is 1280. The molecule has 5 aromatic carbocycles. The van der Waals surface area contributed by atoms with E-state index in [0.717, 1.165) is 0 Å². The zero-order chi connectivity index (χ0) is 17.5. The van der Waals surface area contributed by atoms with Gasteiger partial charge < -0.3 is 9.47 Å². The Hall–Kier alpha value is -2.50. The molecule has 0 aliphatic heterocycles. The van der Waals surface area contributed by atoms with E-state index in [1.807, 2.05) is 6.07 Å². The number of hydrogen-bond donors (Lipinski definition) is 0. The molecule has 2 nitrogen and oxygen atoms in total. The van der Waals surface area contributed by atoms with E-state index < -0.39 is 0 Å². The van der Waals surface area contributed by atoms with E-state index in [9.17, 15) is 0 Å². The molecule has 0 radical (unpaired) electrons. The molecule has 126 valence electrons. The summed E-state index contributed by atoms with van der Waals surface area (Å²) in [5, 5.41) is 9.86. The average molecular weight is 344 g/mol. The van der Waals surface area contributed by atoms with E-state index >= 15 is 0 Å². The second-order valence-electron chi connectivity index (χ2n) is 6.47. The summed E-state index contributed by atoms with van der Waals surface area (Å²) in [6.07, 6.45) is 0. The molecule has 0 unspecified atom stereocenters. The van der Waals surface area contributed by atoms with Gasteiger partial charge in [0.15, 0.2) is 6.79 Å².